The van der Waals surface area contributed by atoms with E-state index in [1.165, 1.54) is 0 Å². The van der Waals surface area contributed by atoms with Crippen molar-refractivity contribution < 1.29 is 24.2 Å². The highest BCUT2D eigenvalue weighted by Crippen LogP contribution is 2.44. The molecule has 0 aromatic heterocycles. The van der Waals surface area contributed by atoms with Crippen molar-refractivity contribution in [2.24, 2.45) is 0 Å². The molecule has 3 atom stereocenters. The Kier molecular flexibility index (Phi) is 8.33. The average molecular weight is 497 g/mol. The van der Waals surface area contributed by atoms with E-state index in [9.17, 15) is 14.4 Å². The van der Waals surface area contributed by atoms with Gasteiger partial charge in [0.15, 0.2) is 0 Å². The number of nitrogens with one attached hydrogen (secondary N) is 2. The second-order valence-electron chi connectivity index (χ2n) is 9.13. The van der Waals surface area contributed by atoms with Crippen LogP contribution in [0.25, 0.3) is 11.1 Å². The number of amides is 2. The molecular formula is C27H32N2O5S. The van der Waals surface area contributed by atoms with Crippen molar-refractivity contribution in [3.05, 3.63) is 59.7 Å². The topological polar surface area (TPSA) is 105 Å². The number of carboxylic acid groups (broad SMARTS) is 1. The Morgan fingerprint density at radius 2 is 1.66 bits per heavy atom. The van der Waals surface area contributed by atoms with Crippen LogP contribution in [0.15, 0.2) is 48.5 Å². The minimum absolute atomic E-state index is 0.00200. The number of fused-ring (bicyclic) bond motifs is 3. The van der Waals surface area contributed by atoms with Crippen LogP contribution in [0.2, 0.25) is 0 Å². The van der Waals surface area contributed by atoms with Crippen molar-refractivity contribution in [2.75, 3.05) is 12.9 Å². The van der Waals surface area contributed by atoms with Crippen molar-refractivity contribution in [3.8, 4) is 11.1 Å². The standard InChI is InChI=1S/C27H32N2O5S/c1-35-24-13-7-6-12-22(24)28-26(32)23(14-15-25(30)31)29-27(33)34-16-21-19-10-4-2-8-17(19)18-9-3-5-11-20(18)21/h2-5,8-11,21-24H,6-7,12-16H2,1H3,(H,28,32)(H,29,33)(H,30,31). The lowest BCUT2D eigenvalue weighted by atomic mass is 9.94. The Labute approximate surface area is 210 Å². The van der Waals surface area contributed by atoms with Gasteiger partial charge >= 0.3 is 12.1 Å². The van der Waals surface area contributed by atoms with Crippen LogP contribution in [0.5, 0.6) is 0 Å². The molecule has 8 heteroatoms. The van der Waals surface area contributed by atoms with Gasteiger partial charge in [0.2, 0.25) is 5.91 Å². The molecular weight excluding hydrogens is 464 g/mol. The molecule has 0 aliphatic heterocycles. The Bertz CT molecular complexity index is 1030. The van der Waals surface area contributed by atoms with Crippen molar-refractivity contribution >= 4 is 29.7 Å². The first-order valence-corrected chi connectivity index (χ1v) is 13.4. The molecule has 7 nitrogen and oxygen atoms in total. The molecule has 3 N–H and O–H groups in total. The van der Waals surface area contributed by atoms with E-state index >= 15 is 0 Å². The third kappa shape index (κ3) is 5.99. The third-order valence-electron chi connectivity index (χ3n) is 6.93. The molecule has 35 heavy (non-hydrogen) atoms. The molecule has 1 saturated carbocycles. The number of carbonyl (C=O) groups excluding carboxylic acids is 2. The summed E-state index contributed by atoms with van der Waals surface area (Å²) in [7, 11) is 0. The molecule has 2 aliphatic rings. The van der Waals surface area contributed by atoms with Gasteiger partial charge in [-0.3, -0.25) is 9.59 Å². The van der Waals surface area contributed by atoms with Crippen LogP contribution < -0.4 is 10.6 Å². The molecule has 0 bridgehead atoms. The molecule has 0 radical (unpaired) electrons. The molecule has 4 rings (SSSR count). The van der Waals surface area contributed by atoms with E-state index in [2.05, 4.69) is 22.8 Å². The number of ether oxygens (including phenoxy) is 1. The van der Waals surface area contributed by atoms with Gasteiger partial charge in [-0.15, -0.1) is 0 Å². The second-order valence-corrected chi connectivity index (χ2v) is 10.2. The van der Waals surface area contributed by atoms with Crippen LogP contribution in [0.1, 0.15) is 55.6 Å². The summed E-state index contributed by atoms with van der Waals surface area (Å²) < 4.78 is 5.58. The van der Waals surface area contributed by atoms with E-state index in [0.29, 0.717) is 5.25 Å². The lowest BCUT2D eigenvalue weighted by molar-refractivity contribution is -0.137. The second kappa shape index (κ2) is 11.6. The maximum absolute atomic E-state index is 13.0. The van der Waals surface area contributed by atoms with Gasteiger partial charge in [-0.1, -0.05) is 61.4 Å². The minimum atomic E-state index is -1.02. The zero-order valence-electron chi connectivity index (χ0n) is 19.9. The maximum atomic E-state index is 13.0. The predicted octanol–water partition coefficient (Wildman–Crippen LogP) is 4.55. The first-order valence-electron chi connectivity index (χ1n) is 12.1. The van der Waals surface area contributed by atoms with Crippen LogP contribution in [-0.2, 0) is 14.3 Å². The van der Waals surface area contributed by atoms with Crippen LogP contribution in [0.3, 0.4) is 0 Å². The summed E-state index contributed by atoms with van der Waals surface area (Å²) in [5, 5.41) is 15.1. The highest BCUT2D eigenvalue weighted by atomic mass is 32.2. The highest BCUT2D eigenvalue weighted by Gasteiger charge is 2.31. The van der Waals surface area contributed by atoms with Crippen LogP contribution >= 0.6 is 11.8 Å². The average Bonchev–Trinajstić information content (AvgIpc) is 3.19. The van der Waals surface area contributed by atoms with E-state index < -0.39 is 18.1 Å². The van der Waals surface area contributed by atoms with E-state index in [-0.39, 0.29) is 37.3 Å². The van der Waals surface area contributed by atoms with E-state index in [1.54, 1.807) is 11.8 Å². The van der Waals surface area contributed by atoms with Crippen molar-refractivity contribution in [3.63, 3.8) is 0 Å². The third-order valence-corrected chi connectivity index (χ3v) is 8.10. The monoisotopic (exact) mass is 496 g/mol. The fraction of sp³-hybridized carbons (Fsp3) is 0.444. The Morgan fingerprint density at radius 1 is 1.03 bits per heavy atom. The van der Waals surface area contributed by atoms with Gasteiger partial charge in [-0.25, -0.2) is 4.79 Å². The van der Waals surface area contributed by atoms with Gasteiger partial charge in [0, 0.05) is 23.6 Å². The van der Waals surface area contributed by atoms with Gasteiger partial charge < -0.3 is 20.5 Å². The molecule has 186 valence electrons. The summed E-state index contributed by atoms with van der Waals surface area (Å²) in [5.41, 5.74) is 4.46. The zero-order valence-corrected chi connectivity index (χ0v) is 20.7. The number of carbonyl (C=O) groups is 3. The number of hydrogen-bond donors (Lipinski definition) is 3. The molecule has 2 aromatic rings. The molecule has 2 aliphatic carbocycles. The van der Waals surface area contributed by atoms with Gasteiger partial charge in [0.25, 0.3) is 0 Å². The highest BCUT2D eigenvalue weighted by molar-refractivity contribution is 7.99. The lowest BCUT2D eigenvalue weighted by Crippen LogP contribution is -2.52. The molecule has 2 amide bonds. The summed E-state index contributed by atoms with van der Waals surface area (Å²) in [6, 6.07) is 15.2. The summed E-state index contributed by atoms with van der Waals surface area (Å²) in [4.78, 5) is 36.9. The Balaban J connectivity index is 1.40. The zero-order chi connectivity index (χ0) is 24.8. The van der Waals surface area contributed by atoms with Gasteiger partial charge in [-0.05, 0) is 47.8 Å². The van der Waals surface area contributed by atoms with E-state index in [1.807, 2.05) is 42.7 Å². The summed E-state index contributed by atoms with van der Waals surface area (Å²) >= 11 is 1.73. The summed E-state index contributed by atoms with van der Waals surface area (Å²) in [6.07, 6.45) is 5.19. The quantitative estimate of drug-likeness (QED) is 0.471. The first-order chi connectivity index (χ1) is 17.0. The van der Waals surface area contributed by atoms with Crippen molar-refractivity contribution in [1.82, 2.24) is 10.6 Å². The number of rotatable bonds is 9. The summed E-state index contributed by atoms with van der Waals surface area (Å²) in [5.74, 6) is -1.47. The fourth-order valence-electron chi connectivity index (χ4n) is 5.15. The van der Waals surface area contributed by atoms with Gasteiger partial charge in [0.05, 0.1) is 0 Å². The molecule has 1 fully saturated rings. The van der Waals surface area contributed by atoms with Crippen molar-refractivity contribution in [1.29, 1.82) is 0 Å². The maximum Gasteiger partial charge on any atom is 0.407 e. The van der Waals surface area contributed by atoms with Crippen LogP contribution in [0, 0.1) is 0 Å². The number of benzene rings is 2. The van der Waals surface area contributed by atoms with E-state index in [0.717, 1.165) is 47.9 Å². The lowest BCUT2D eigenvalue weighted by Gasteiger charge is -2.32. The van der Waals surface area contributed by atoms with Gasteiger partial charge in [0.1, 0.15) is 12.6 Å². The molecule has 0 saturated heterocycles. The van der Waals surface area contributed by atoms with Crippen LogP contribution in [-0.4, -0.2) is 53.3 Å². The Hall–Kier alpha value is -3.00. The molecule has 3 unspecified atom stereocenters. The molecule has 2 aromatic carbocycles. The normalized spacial score (nSPS) is 19.8. The van der Waals surface area contributed by atoms with Gasteiger partial charge in [-0.2, -0.15) is 11.8 Å². The first kappa shape index (κ1) is 25.1. The number of aliphatic carboxylic acids is 1. The fourth-order valence-corrected chi connectivity index (χ4v) is 6.08. The Morgan fingerprint density at radius 3 is 2.29 bits per heavy atom. The van der Waals surface area contributed by atoms with E-state index in [4.69, 9.17) is 9.84 Å². The number of thioether (sulfide) groups is 1. The largest absolute Gasteiger partial charge is 0.481 e. The van der Waals surface area contributed by atoms with Crippen LogP contribution in [0.4, 0.5) is 4.79 Å². The number of carboxylic acids is 1. The number of alkyl carbamates (subject to hydrolysis) is 1. The number of hydrogen-bond acceptors (Lipinski definition) is 5. The summed E-state index contributed by atoms with van der Waals surface area (Å²) in [6.45, 7) is 0.129. The smallest absolute Gasteiger partial charge is 0.407 e. The molecule has 0 spiro atoms. The predicted molar refractivity (Wildman–Crippen MR) is 137 cm³/mol. The SMILES string of the molecule is CSC1CCCCC1NC(=O)C(CCC(=O)O)NC(=O)OCC1c2ccccc2-c2ccccc21. The molecule has 0 heterocycles. The minimum Gasteiger partial charge on any atom is -0.481 e. The van der Waals surface area contributed by atoms with Crippen molar-refractivity contribution in [2.45, 2.75) is 61.8 Å².